The van der Waals surface area contributed by atoms with Gasteiger partial charge in [0, 0.05) is 31.4 Å². The van der Waals surface area contributed by atoms with Gasteiger partial charge in [0.05, 0.1) is 29.8 Å². The molecule has 0 spiro atoms. The van der Waals surface area contributed by atoms with E-state index in [0.29, 0.717) is 12.8 Å². The zero-order valence-electron chi connectivity index (χ0n) is 31.6. The van der Waals surface area contributed by atoms with Crippen LogP contribution in [0.4, 0.5) is 4.79 Å². The van der Waals surface area contributed by atoms with Gasteiger partial charge < -0.3 is 54.2 Å². The van der Waals surface area contributed by atoms with Gasteiger partial charge in [0.1, 0.15) is 18.3 Å². The van der Waals surface area contributed by atoms with E-state index in [9.17, 15) is 24.3 Å². The second-order valence-corrected chi connectivity index (χ2v) is 15.0. The van der Waals surface area contributed by atoms with Gasteiger partial charge in [-0.05, 0) is 80.9 Å². The van der Waals surface area contributed by atoms with E-state index in [2.05, 4.69) is 5.32 Å². The number of fused-ring (bicyclic) bond motifs is 1. The molecule has 0 aromatic heterocycles. The third-order valence-electron chi connectivity index (χ3n) is 10.7. The molecular formula is C35H61N3O12. The zero-order valence-corrected chi connectivity index (χ0v) is 31.6. The summed E-state index contributed by atoms with van der Waals surface area (Å²) in [6, 6.07) is -1.02. The second kappa shape index (κ2) is 17.3. The summed E-state index contributed by atoms with van der Waals surface area (Å²) in [5.41, 5.74) is 2.96. The standard InChI is InChI=1S/C35H61N3O12/c1-12-24-35(8)29(49-33(43)50-35)22(6)37-30(41)18(2)17-34(7,44-11)28(48-32-26(40)23(38(9)10)16-19(3)45-32)20(4)27(21(5)31(42)46-24)47-25(39)14-13-15-36/h18-24,26-29,32,40H,12-17,36H2,1-11H3,(H,37,41)/t18-,19-,20+,21-,22-,23+,24-,26+,27+,28-,29-,32+,34-,35-/m1/s1. The number of hydrogen-bond donors (Lipinski definition) is 3. The van der Waals surface area contributed by atoms with E-state index in [0.717, 1.165) is 0 Å². The number of carbonyl (C=O) groups excluding carboxylic acids is 4. The zero-order chi connectivity index (χ0) is 37.7. The fourth-order valence-corrected chi connectivity index (χ4v) is 7.69. The lowest BCUT2D eigenvalue weighted by atomic mass is 9.77. The third kappa shape index (κ3) is 9.26. The predicted octanol–water partition coefficient (Wildman–Crippen LogP) is 2.29. The summed E-state index contributed by atoms with van der Waals surface area (Å²) in [6.45, 7) is 14.1. The monoisotopic (exact) mass is 715 g/mol. The van der Waals surface area contributed by atoms with E-state index in [4.69, 9.17) is 38.9 Å². The highest BCUT2D eigenvalue weighted by atomic mass is 16.8. The molecule has 3 saturated heterocycles. The van der Waals surface area contributed by atoms with Crippen molar-refractivity contribution in [1.82, 2.24) is 10.2 Å². The maximum absolute atomic E-state index is 14.1. The molecule has 3 aliphatic rings. The summed E-state index contributed by atoms with van der Waals surface area (Å²) >= 11 is 0. The van der Waals surface area contributed by atoms with E-state index in [-0.39, 0.29) is 43.9 Å². The largest absolute Gasteiger partial charge is 0.509 e. The van der Waals surface area contributed by atoms with Gasteiger partial charge in [-0.2, -0.15) is 0 Å². The molecule has 1 amide bonds. The Labute approximate surface area is 296 Å². The molecule has 15 heteroatoms. The Kier molecular flexibility index (Phi) is 14.5. The van der Waals surface area contributed by atoms with Crippen LogP contribution in [-0.4, -0.2) is 128 Å². The maximum atomic E-state index is 14.1. The number of likely N-dealkylation sites (N-methyl/N-ethyl adjacent to an activating group) is 1. The van der Waals surface area contributed by atoms with Gasteiger partial charge in [0.25, 0.3) is 0 Å². The number of cyclic esters (lactones) is 1. The van der Waals surface area contributed by atoms with E-state index in [1.807, 2.05) is 25.9 Å². The number of methoxy groups -OCH3 is 1. The topological polar surface area (TPSA) is 194 Å². The fourth-order valence-electron chi connectivity index (χ4n) is 7.69. The van der Waals surface area contributed by atoms with Gasteiger partial charge in [-0.25, -0.2) is 4.79 Å². The first-order chi connectivity index (χ1) is 23.3. The van der Waals surface area contributed by atoms with Crippen LogP contribution in [0.25, 0.3) is 0 Å². The van der Waals surface area contributed by atoms with Gasteiger partial charge in [0.15, 0.2) is 18.0 Å². The van der Waals surface area contributed by atoms with Crippen molar-refractivity contribution in [3.8, 4) is 0 Å². The van der Waals surface area contributed by atoms with Crippen molar-refractivity contribution in [2.24, 2.45) is 23.5 Å². The third-order valence-corrected chi connectivity index (χ3v) is 10.7. The molecule has 0 aromatic rings. The number of nitrogens with zero attached hydrogens (tertiary/aromatic N) is 1. The number of ether oxygens (including phenoxy) is 7. The molecule has 14 atom stereocenters. The molecule has 3 rings (SSSR count). The first-order valence-electron chi connectivity index (χ1n) is 17.8. The minimum atomic E-state index is -1.45. The Morgan fingerprint density at radius 3 is 2.34 bits per heavy atom. The molecule has 0 aromatic carbocycles. The van der Waals surface area contributed by atoms with E-state index < -0.39 is 89.9 Å². The minimum Gasteiger partial charge on any atom is -0.461 e. The van der Waals surface area contributed by atoms with E-state index in [1.165, 1.54) is 7.11 Å². The fraction of sp³-hybridized carbons (Fsp3) is 0.886. The predicted molar refractivity (Wildman–Crippen MR) is 181 cm³/mol. The highest BCUT2D eigenvalue weighted by molar-refractivity contribution is 5.79. The van der Waals surface area contributed by atoms with Crippen LogP contribution in [0.5, 0.6) is 0 Å². The van der Waals surface area contributed by atoms with Crippen LogP contribution in [0, 0.1) is 17.8 Å². The van der Waals surface area contributed by atoms with Crippen LogP contribution in [-0.2, 0) is 47.5 Å². The van der Waals surface area contributed by atoms with Gasteiger partial charge in [0.2, 0.25) is 5.91 Å². The van der Waals surface area contributed by atoms with Crippen molar-refractivity contribution in [2.75, 3.05) is 27.7 Å². The second-order valence-electron chi connectivity index (χ2n) is 15.0. The Morgan fingerprint density at radius 1 is 1.10 bits per heavy atom. The molecule has 3 fully saturated rings. The highest BCUT2D eigenvalue weighted by Gasteiger charge is 2.58. The molecule has 0 saturated carbocycles. The molecule has 4 N–H and O–H groups in total. The van der Waals surface area contributed by atoms with Crippen molar-refractivity contribution in [1.29, 1.82) is 0 Å². The van der Waals surface area contributed by atoms with Crippen LogP contribution in [0.15, 0.2) is 0 Å². The van der Waals surface area contributed by atoms with Crippen molar-refractivity contribution < 1.29 is 57.4 Å². The number of carbonyl (C=O) groups is 4. The van der Waals surface area contributed by atoms with Crippen LogP contribution in [0.2, 0.25) is 0 Å². The molecule has 3 aliphatic heterocycles. The van der Waals surface area contributed by atoms with Crippen molar-refractivity contribution in [3.05, 3.63) is 0 Å². The molecule has 50 heavy (non-hydrogen) atoms. The number of aliphatic hydroxyl groups excluding tert-OH is 1. The average molecular weight is 716 g/mol. The normalized spacial score (nSPS) is 41.9. The van der Waals surface area contributed by atoms with E-state index in [1.54, 1.807) is 48.5 Å². The molecular weight excluding hydrogens is 654 g/mol. The molecule has 15 nitrogen and oxygen atoms in total. The highest BCUT2D eigenvalue weighted by Crippen LogP contribution is 2.40. The summed E-state index contributed by atoms with van der Waals surface area (Å²) in [4.78, 5) is 55.5. The van der Waals surface area contributed by atoms with Crippen molar-refractivity contribution in [2.45, 2.75) is 154 Å². The lowest BCUT2D eigenvalue weighted by molar-refractivity contribution is -0.301. The quantitative estimate of drug-likeness (QED) is 0.232. The Balaban J connectivity index is 2.18. The maximum Gasteiger partial charge on any atom is 0.509 e. The summed E-state index contributed by atoms with van der Waals surface area (Å²) in [5, 5.41) is 14.4. The number of esters is 2. The van der Waals surface area contributed by atoms with Gasteiger partial charge in [-0.3, -0.25) is 14.4 Å². The number of rotatable bonds is 9. The first-order valence-corrected chi connectivity index (χ1v) is 17.8. The van der Waals surface area contributed by atoms with Crippen LogP contribution in [0.3, 0.4) is 0 Å². The van der Waals surface area contributed by atoms with Crippen molar-refractivity contribution in [3.63, 3.8) is 0 Å². The SMILES string of the molecule is CC[C@H]1OC(=O)[C@H](C)[C@@H](OC(=O)CCCN)[C@H](C)[C@@H](O[C@@H]2O[C@H](C)C[C@H](N(C)C)[C@@H]2O)[C@](C)(OC)C[C@@H](C)C(=O)N[C@H](C)[C@H]2OC(=O)O[C@@]21C. The molecule has 288 valence electrons. The summed E-state index contributed by atoms with van der Waals surface area (Å²) < 4.78 is 42.4. The van der Waals surface area contributed by atoms with Crippen LogP contribution >= 0.6 is 0 Å². The number of nitrogens with two attached hydrogens (primary N) is 1. The van der Waals surface area contributed by atoms with Crippen LogP contribution < -0.4 is 11.1 Å². The van der Waals surface area contributed by atoms with Gasteiger partial charge in [-0.1, -0.05) is 20.8 Å². The smallest absolute Gasteiger partial charge is 0.461 e. The lowest BCUT2D eigenvalue weighted by Crippen LogP contribution is -2.60. The number of hydrogen-bond acceptors (Lipinski definition) is 14. The summed E-state index contributed by atoms with van der Waals surface area (Å²) in [5.74, 6) is -4.16. The molecule has 0 radical (unpaired) electrons. The summed E-state index contributed by atoms with van der Waals surface area (Å²) in [6.07, 6.45) is -6.20. The Morgan fingerprint density at radius 2 is 1.76 bits per heavy atom. The molecule has 0 unspecified atom stereocenters. The van der Waals surface area contributed by atoms with Gasteiger partial charge in [-0.15, -0.1) is 0 Å². The first kappa shape index (κ1) is 41.9. The Hall–Kier alpha value is -2.56. The number of aliphatic hydroxyl groups is 1. The minimum absolute atomic E-state index is 0.0146. The molecule has 3 heterocycles. The number of amides is 1. The number of nitrogens with one attached hydrogen (secondary N) is 1. The lowest BCUT2D eigenvalue weighted by Gasteiger charge is -2.48. The van der Waals surface area contributed by atoms with Gasteiger partial charge >= 0.3 is 18.1 Å². The average Bonchev–Trinajstić information content (AvgIpc) is 3.37. The van der Waals surface area contributed by atoms with E-state index >= 15 is 0 Å². The summed E-state index contributed by atoms with van der Waals surface area (Å²) in [7, 11) is 5.22. The Bertz CT molecular complexity index is 1190. The molecule has 0 bridgehead atoms. The van der Waals surface area contributed by atoms with Crippen molar-refractivity contribution >= 4 is 24.0 Å². The van der Waals surface area contributed by atoms with Crippen LogP contribution in [0.1, 0.15) is 87.5 Å². The molecule has 0 aliphatic carbocycles.